The highest BCUT2D eigenvalue weighted by Crippen LogP contribution is 2.71. The molecule has 5 saturated carbocycles. The summed E-state index contributed by atoms with van der Waals surface area (Å²) in [4.78, 5) is 70.5. The molecule has 16 atom stereocenters. The van der Waals surface area contributed by atoms with Crippen LogP contribution in [0.3, 0.4) is 0 Å². The number of ether oxygens (including phenoxy) is 8. The van der Waals surface area contributed by atoms with Crippen molar-refractivity contribution in [2.24, 2.45) is 75.4 Å². The molecule has 0 aromatic rings. The smallest absolute Gasteiger partial charge is 0.348 e. The second-order valence-corrected chi connectivity index (χ2v) is 22.4. The number of rotatable bonds is 8. The fourth-order valence-electron chi connectivity index (χ4n) is 12.3. The Morgan fingerprint density at radius 3 is 1.70 bits per heavy atom. The highest BCUT2D eigenvalue weighted by Gasteiger charge is 2.69. The predicted molar refractivity (Wildman–Crippen MR) is 250 cm³/mol. The van der Waals surface area contributed by atoms with Gasteiger partial charge in [-0.15, -0.1) is 0 Å². The van der Waals surface area contributed by atoms with Crippen LogP contribution in [0.1, 0.15) is 156 Å². The molecule has 10 rings (SSSR count). The summed E-state index contributed by atoms with van der Waals surface area (Å²) in [6.45, 7) is 21.3. The van der Waals surface area contributed by atoms with Crippen LogP contribution in [0.15, 0.2) is 12.2 Å². The van der Waals surface area contributed by atoms with Gasteiger partial charge in [0.05, 0.1) is 47.9 Å². The molecule has 4 saturated heterocycles. The molecule has 10 aliphatic rings. The second-order valence-electron chi connectivity index (χ2n) is 22.4. The first-order valence-electron chi connectivity index (χ1n) is 24.1. The molecule has 6 aliphatic carbocycles. The molecule has 67 heavy (non-hydrogen) atoms. The SMILES string of the molecule is C.C.C.CCC(C)(C)C(=O)OC.CCC(C)(C)C(=O)OC1C(=O)OC2C1CC1OC(C)(C)OC12.CCC(C)(C)C(=O)OC1C(=O)OC2C=CCC21.O=C1OCC2C3CC(C12)C1C2CCC(C2)C31. The molecule has 9 fully saturated rings. The van der Waals surface area contributed by atoms with E-state index in [1.54, 1.807) is 0 Å². The molecule has 4 bridgehead atoms. The van der Waals surface area contributed by atoms with Crippen molar-refractivity contribution in [3.63, 3.8) is 0 Å². The average molecular weight is 947 g/mol. The first-order chi connectivity index (χ1) is 30.0. The van der Waals surface area contributed by atoms with Crippen LogP contribution < -0.4 is 0 Å². The van der Waals surface area contributed by atoms with E-state index < -0.39 is 40.8 Å². The highest BCUT2D eigenvalue weighted by molar-refractivity contribution is 5.85. The van der Waals surface area contributed by atoms with Gasteiger partial charge in [-0.1, -0.05) is 49.1 Å². The Kier molecular flexibility index (Phi) is 17.4. The summed E-state index contributed by atoms with van der Waals surface area (Å²) in [6.07, 6.45) is 10.6. The van der Waals surface area contributed by atoms with Crippen molar-refractivity contribution >= 4 is 35.8 Å². The van der Waals surface area contributed by atoms with Gasteiger partial charge in [-0.05, 0) is 155 Å². The molecule has 0 aromatic heterocycles. The van der Waals surface area contributed by atoms with E-state index in [-0.39, 0.29) is 87.8 Å². The van der Waals surface area contributed by atoms with E-state index in [4.69, 9.17) is 33.2 Å². The van der Waals surface area contributed by atoms with Crippen LogP contribution in [0.25, 0.3) is 0 Å². The number of carbonyl (C=O) groups is 6. The van der Waals surface area contributed by atoms with Gasteiger partial charge in [0.1, 0.15) is 18.3 Å². The Bertz CT molecular complexity index is 1850. The summed E-state index contributed by atoms with van der Waals surface area (Å²) in [6, 6.07) is 0. The van der Waals surface area contributed by atoms with Crippen molar-refractivity contribution in [2.45, 2.75) is 199 Å². The molecular formula is C53H86O14. The molecule has 4 aliphatic heterocycles. The Morgan fingerprint density at radius 1 is 0.642 bits per heavy atom. The van der Waals surface area contributed by atoms with Crippen molar-refractivity contribution in [2.75, 3.05) is 13.7 Å². The lowest BCUT2D eigenvalue weighted by Crippen LogP contribution is -2.38. The lowest BCUT2D eigenvalue weighted by atomic mass is 9.64. The maximum Gasteiger partial charge on any atom is 0.348 e. The van der Waals surface area contributed by atoms with Crippen LogP contribution in [0.4, 0.5) is 0 Å². The molecule has 0 N–H and O–H groups in total. The number of carbonyl (C=O) groups excluding carboxylic acids is 6. The van der Waals surface area contributed by atoms with Gasteiger partial charge in [0.15, 0.2) is 5.79 Å². The second kappa shape index (κ2) is 20.8. The Hall–Kier alpha value is -3.52. The number of allylic oxidation sites excluding steroid dienone is 1. The number of methoxy groups -OCH3 is 1. The minimum absolute atomic E-state index is 0. The van der Waals surface area contributed by atoms with E-state index >= 15 is 0 Å². The van der Waals surface area contributed by atoms with Crippen molar-refractivity contribution in [1.82, 2.24) is 0 Å². The molecule has 382 valence electrons. The fraction of sp³-hybridized carbons (Fsp3) is 0.849. The molecule has 0 radical (unpaired) electrons. The van der Waals surface area contributed by atoms with Gasteiger partial charge < -0.3 is 37.9 Å². The van der Waals surface area contributed by atoms with Crippen LogP contribution in [0.5, 0.6) is 0 Å². The van der Waals surface area contributed by atoms with Crippen LogP contribution >= 0.6 is 0 Å². The van der Waals surface area contributed by atoms with Crippen molar-refractivity contribution in [3.05, 3.63) is 12.2 Å². The highest BCUT2D eigenvalue weighted by atomic mass is 16.8. The molecule has 16 unspecified atom stereocenters. The van der Waals surface area contributed by atoms with E-state index in [1.165, 1.54) is 32.8 Å². The molecular weight excluding hydrogens is 861 g/mol. The average Bonchev–Trinajstić information content (AvgIpc) is 4.11. The zero-order valence-corrected chi connectivity index (χ0v) is 40.2. The molecule has 14 nitrogen and oxygen atoms in total. The van der Waals surface area contributed by atoms with Gasteiger partial charge in [0, 0.05) is 11.8 Å². The number of cyclic esters (lactones) is 1. The Morgan fingerprint density at radius 2 is 1.16 bits per heavy atom. The van der Waals surface area contributed by atoms with Gasteiger partial charge in [-0.25, -0.2) is 9.59 Å². The monoisotopic (exact) mass is 947 g/mol. The quantitative estimate of drug-likeness (QED) is 0.0974. The molecule has 14 heteroatoms. The summed E-state index contributed by atoms with van der Waals surface area (Å²) < 4.78 is 43.0. The van der Waals surface area contributed by atoms with E-state index in [0.29, 0.717) is 31.1 Å². The van der Waals surface area contributed by atoms with Gasteiger partial charge in [0.25, 0.3) is 0 Å². The third-order valence-electron chi connectivity index (χ3n) is 17.1. The van der Waals surface area contributed by atoms with E-state index in [1.807, 2.05) is 88.3 Å². The van der Waals surface area contributed by atoms with Gasteiger partial charge >= 0.3 is 35.8 Å². The summed E-state index contributed by atoms with van der Waals surface area (Å²) >= 11 is 0. The predicted octanol–water partition coefficient (Wildman–Crippen LogP) is 9.23. The van der Waals surface area contributed by atoms with E-state index in [0.717, 1.165) is 55.0 Å². The Balaban J connectivity index is 0.000000199. The van der Waals surface area contributed by atoms with Crippen LogP contribution in [0, 0.1) is 75.4 Å². The topological polar surface area (TPSA) is 176 Å². The summed E-state index contributed by atoms with van der Waals surface area (Å²) in [5.74, 6) is 4.05. The molecule has 0 spiro atoms. The van der Waals surface area contributed by atoms with E-state index in [9.17, 15) is 28.8 Å². The largest absolute Gasteiger partial charge is 0.469 e. The van der Waals surface area contributed by atoms with Crippen molar-refractivity contribution in [3.8, 4) is 0 Å². The third kappa shape index (κ3) is 10.5. The zero-order chi connectivity index (χ0) is 46.8. The fourth-order valence-corrected chi connectivity index (χ4v) is 12.3. The van der Waals surface area contributed by atoms with Crippen molar-refractivity contribution in [1.29, 1.82) is 0 Å². The maximum absolute atomic E-state index is 12.2. The van der Waals surface area contributed by atoms with Gasteiger partial charge in [0.2, 0.25) is 12.2 Å². The molecule has 0 amide bonds. The standard InChI is InChI=1S/C16H24O6.C14H18O2.C13H18O4.C7H14O2.3CH4/c1-6-15(2,3)14(18)20-11-8-7-9-12(10(8)19-13(11)17)22-16(4,5)21-9;15-14-13-9-4-8(10(13)5-16-14)11-6-1-2-7(3-6)12(9)11;1-4-13(2,3)12(15)17-10-8-6-5-7-9(8)16-11(10)14;1-5-7(2,3)6(8)9-4;;;/h8-12H,6-7H2,1-5H3;6-13H,1-5H2;5,7-10H,4,6H2,1-3H3;5H2,1-4H3;3*1H4. The number of hydrogen-bond acceptors (Lipinski definition) is 14. The first-order valence-corrected chi connectivity index (χ1v) is 24.1. The van der Waals surface area contributed by atoms with Crippen LogP contribution in [0.2, 0.25) is 0 Å². The van der Waals surface area contributed by atoms with Crippen molar-refractivity contribution < 1.29 is 66.7 Å². The summed E-state index contributed by atoms with van der Waals surface area (Å²) in [5.41, 5.74) is -1.47. The third-order valence-corrected chi connectivity index (χ3v) is 17.1. The number of esters is 6. The minimum atomic E-state index is -0.843. The Labute approximate surface area is 401 Å². The first kappa shape index (κ1) is 56.1. The molecule has 0 aromatic carbocycles. The lowest BCUT2D eigenvalue weighted by Gasteiger charge is -2.38. The van der Waals surface area contributed by atoms with Crippen LogP contribution in [-0.4, -0.2) is 91.9 Å². The number of fused-ring (bicyclic) bond motifs is 16. The lowest BCUT2D eigenvalue weighted by molar-refractivity contribution is -0.170. The maximum atomic E-state index is 12.2. The number of hydrogen-bond donors (Lipinski definition) is 0. The van der Waals surface area contributed by atoms with E-state index in [2.05, 4.69) is 4.74 Å². The van der Waals surface area contributed by atoms with Gasteiger partial charge in [-0.2, -0.15) is 0 Å². The summed E-state index contributed by atoms with van der Waals surface area (Å²) in [5, 5.41) is 0. The van der Waals surface area contributed by atoms with Crippen LogP contribution in [-0.2, 0) is 66.7 Å². The van der Waals surface area contributed by atoms with Gasteiger partial charge in [-0.3, -0.25) is 19.2 Å². The minimum Gasteiger partial charge on any atom is -0.469 e. The zero-order valence-electron chi connectivity index (χ0n) is 40.2. The normalized spacial score (nSPS) is 37.8. The molecule has 4 heterocycles. The summed E-state index contributed by atoms with van der Waals surface area (Å²) in [7, 11) is 1.42.